The van der Waals surface area contributed by atoms with E-state index < -0.39 is 5.54 Å². The van der Waals surface area contributed by atoms with Gasteiger partial charge in [0, 0.05) is 6.20 Å². The van der Waals surface area contributed by atoms with Gasteiger partial charge in [-0.25, -0.2) is 10.1 Å². The van der Waals surface area contributed by atoms with Gasteiger partial charge in [-0.1, -0.05) is 6.07 Å². The molecule has 17 heavy (non-hydrogen) atoms. The van der Waals surface area contributed by atoms with E-state index in [2.05, 4.69) is 15.2 Å². The number of nitrogens with zero attached hydrogens (tertiary/aromatic N) is 4. The first-order valence-electron chi connectivity index (χ1n) is 5.09. The molecular weight excluding hydrogens is 220 g/mol. The molecule has 0 amide bonds. The SMILES string of the molecule is CC1(C)/C(=C/N=O)N=C(c2ccccn2)N1O. The number of hydroxylamine groups is 2. The molecule has 0 aromatic carbocycles. The summed E-state index contributed by atoms with van der Waals surface area (Å²) in [6, 6.07) is 5.30. The summed E-state index contributed by atoms with van der Waals surface area (Å²) in [4.78, 5) is 18.6. The lowest BCUT2D eigenvalue weighted by Gasteiger charge is -2.27. The molecule has 2 rings (SSSR count). The maximum atomic E-state index is 10.3. The van der Waals surface area contributed by atoms with E-state index in [9.17, 15) is 10.1 Å². The van der Waals surface area contributed by atoms with Gasteiger partial charge in [0.1, 0.15) is 11.2 Å². The van der Waals surface area contributed by atoms with E-state index >= 15 is 0 Å². The summed E-state index contributed by atoms with van der Waals surface area (Å²) in [6.07, 6.45) is 2.71. The molecule has 0 bridgehead atoms. The molecule has 1 N–H and O–H groups in total. The van der Waals surface area contributed by atoms with Gasteiger partial charge in [-0.2, -0.15) is 0 Å². The molecular formula is C11H12N4O2. The molecule has 0 atom stereocenters. The van der Waals surface area contributed by atoms with Crippen LogP contribution >= 0.6 is 0 Å². The fourth-order valence-corrected chi connectivity index (χ4v) is 1.57. The number of aliphatic imine (C=N–C) groups is 1. The predicted octanol–water partition coefficient (Wildman–Crippen LogP) is 1.92. The van der Waals surface area contributed by atoms with Crippen molar-refractivity contribution in [3.8, 4) is 0 Å². The van der Waals surface area contributed by atoms with Gasteiger partial charge in [0.25, 0.3) is 0 Å². The average Bonchev–Trinajstić information content (AvgIpc) is 2.55. The third kappa shape index (κ3) is 1.83. The van der Waals surface area contributed by atoms with E-state index in [1.54, 1.807) is 38.2 Å². The van der Waals surface area contributed by atoms with Gasteiger partial charge in [-0.05, 0) is 31.2 Å². The minimum Gasteiger partial charge on any atom is -0.286 e. The van der Waals surface area contributed by atoms with E-state index in [0.29, 0.717) is 17.2 Å². The van der Waals surface area contributed by atoms with Crippen LogP contribution in [-0.4, -0.2) is 26.6 Å². The molecule has 1 aromatic rings. The van der Waals surface area contributed by atoms with Crippen LogP contribution in [0.1, 0.15) is 19.5 Å². The number of rotatable bonds is 2. The van der Waals surface area contributed by atoms with Crippen LogP contribution in [0.4, 0.5) is 0 Å². The highest BCUT2D eigenvalue weighted by Crippen LogP contribution is 2.31. The van der Waals surface area contributed by atoms with Crippen molar-refractivity contribution in [1.82, 2.24) is 10.0 Å². The molecule has 2 heterocycles. The van der Waals surface area contributed by atoms with Gasteiger partial charge in [0.05, 0.1) is 11.9 Å². The van der Waals surface area contributed by atoms with Crippen LogP contribution in [0.25, 0.3) is 0 Å². The smallest absolute Gasteiger partial charge is 0.179 e. The van der Waals surface area contributed by atoms with Gasteiger partial charge < -0.3 is 0 Å². The maximum Gasteiger partial charge on any atom is 0.179 e. The Bertz CT molecular complexity index is 493. The standard InChI is InChI=1S/C11H12N4O2/c1-11(2)9(7-13-16)14-10(15(11)17)8-5-3-4-6-12-8/h3-7,17H,1-2H3/b9-7-. The molecule has 1 aliphatic heterocycles. The minimum absolute atomic E-state index is 0.311. The lowest BCUT2D eigenvalue weighted by Crippen LogP contribution is -2.41. The topological polar surface area (TPSA) is 78.2 Å². The van der Waals surface area contributed by atoms with Gasteiger partial charge in [0.15, 0.2) is 5.84 Å². The van der Waals surface area contributed by atoms with Crippen LogP contribution in [0, 0.1) is 4.91 Å². The van der Waals surface area contributed by atoms with Crippen LogP contribution in [0.5, 0.6) is 0 Å². The molecule has 1 aromatic heterocycles. The number of hydrogen-bond donors (Lipinski definition) is 1. The molecule has 88 valence electrons. The van der Waals surface area contributed by atoms with Gasteiger partial charge in [0.2, 0.25) is 0 Å². The van der Waals surface area contributed by atoms with Crippen molar-refractivity contribution < 1.29 is 5.21 Å². The van der Waals surface area contributed by atoms with Crippen molar-refractivity contribution in [2.24, 2.45) is 10.2 Å². The first-order chi connectivity index (χ1) is 8.07. The molecule has 0 radical (unpaired) electrons. The summed E-state index contributed by atoms with van der Waals surface area (Å²) in [6.45, 7) is 3.48. The largest absolute Gasteiger partial charge is 0.286 e. The Morgan fingerprint density at radius 1 is 1.47 bits per heavy atom. The quantitative estimate of drug-likeness (QED) is 0.790. The third-order valence-corrected chi connectivity index (χ3v) is 2.65. The second kappa shape index (κ2) is 4.06. The van der Waals surface area contributed by atoms with Crippen molar-refractivity contribution >= 4 is 5.84 Å². The summed E-state index contributed by atoms with van der Waals surface area (Å²) in [5, 5.41) is 13.7. The van der Waals surface area contributed by atoms with E-state index in [-0.39, 0.29) is 0 Å². The fraction of sp³-hybridized carbons (Fsp3) is 0.273. The molecule has 0 aliphatic carbocycles. The highest BCUT2D eigenvalue weighted by Gasteiger charge is 2.40. The van der Waals surface area contributed by atoms with Crippen molar-refractivity contribution in [1.29, 1.82) is 0 Å². The van der Waals surface area contributed by atoms with Gasteiger partial charge >= 0.3 is 0 Å². The minimum atomic E-state index is -0.791. The average molecular weight is 232 g/mol. The summed E-state index contributed by atoms with van der Waals surface area (Å²) in [5.41, 5.74) is 0.147. The summed E-state index contributed by atoms with van der Waals surface area (Å²) in [7, 11) is 0. The number of hydrogen-bond acceptors (Lipinski definition) is 6. The van der Waals surface area contributed by atoms with Crippen LogP contribution in [0.3, 0.4) is 0 Å². The Hall–Kier alpha value is -2.08. The zero-order valence-electron chi connectivity index (χ0n) is 9.53. The lowest BCUT2D eigenvalue weighted by molar-refractivity contribution is -0.0686. The van der Waals surface area contributed by atoms with Crippen LogP contribution in [0.2, 0.25) is 0 Å². The maximum absolute atomic E-state index is 10.3. The Morgan fingerprint density at radius 3 is 2.82 bits per heavy atom. The summed E-state index contributed by atoms with van der Waals surface area (Å²) >= 11 is 0. The first-order valence-corrected chi connectivity index (χ1v) is 5.09. The molecule has 0 saturated heterocycles. The van der Waals surface area contributed by atoms with Crippen molar-refractivity contribution in [2.45, 2.75) is 19.4 Å². The van der Waals surface area contributed by atoms with Gasteiger partial charge in [-0.3, -0.25) is 10.2 Å². The van der Waals surface area contributed by atoms with E-state index in [0.717, 1.165) is 11.3 Å². The number of nitroso groups, excluding NO2 is 1. The van der Waals surface area contributed by atoms with Crippen molar-refractivity contribution in [3.05, 3.63) is 46.9 Å². The number of aromatic nitrogens is 1. The highest BCUT2D eigenvalue weighted by molar-refractivity contribution is 5.99. The molecule has 6 nitrogen and oxygen atoms in total. The Labute approximate surface area is 98.2 Å². The Kier molecular flexibility index (Phi) is 2.72. The molecule has 1 aliphatic rings. The van der Waals surface area contributed by atoms with Crippen LogP contribution in [-0.2, 0) is 0 Å². The molecule has 0 spiro atoms. The normalized spacial score (nSPS) is 20.5. The highest BCUT2D eigenvalue weighted by atomic mass is 16.5. The van der Waals surface area contributed by atoms with E-state index in [4.69, 9.17) is 0 Å². The first kappa shape index (κ1) is 11.4. The Balaban J connectivity index is 2.47. The van der Waals surface area contributed by atoms with E-state index in [1.165, 1.54) is 0 Å². The second-order valence-corrected chi connectivity index (χ2v) is 4.14. The molecule has 6 heteroatoms. The third-order valence-electron chi connectivity index (χ3n) is 2.65. The monoisotopic (exact) mass is 232 g/mol. The number of amidine groups is 1. The van der Waals surface area contributed by atoms with Crippen LogP contribution < -0.4 is 0 Å². The zero-order valence-corrected chi connectivity index (χ0v) is 9.53. The van der Waals surface area contributed by atoms with Crippen LogP contribution in [0.15, 0.2) is 46.5 Å². The van der Waals surface area contributed by atoms with Gasteiger partial charge in [-0.15, -0.1) is 4.91 Å². The molecule has 0 fully saturated rings. The van der Waals surface area contributed by atoms with E-state index in [1.807, 2.05) is 0 Å². The van der Waals surface area contributed by atoms with Crippen molar-refractivity contribution in [3.63, 3.8) is 0 Å². The predicted molar refractivity (Wildman–Crippen MR) is 62.4 cm³/mol. The lowest BCUT2D eigenvalue weighted by atomic mass is 10.0. The zero-order chi connectivity index (χ0) is 12.5. The summed E-state index contributed by atoms with van der Waals surface area (Å²) < 4.78 is 0. The number of pyridine rings is 1. The molecule has 0 saturated carbocycles. The Morgan fingerprint density at radius 2 is 2.24 bits per heavy atom. The van der Waals surface area contributed by atoms with Crippen molar-refractivity contribution in [2.75, 3.05) is 0 Å². The second-order valence-electron chi connectivity index (χ2n) is 4.14. The molecule has 0 unspecified atom stereocenters. The fourth-order valence-electron chi connectivity index (χ4n) is 1.57. The summed E-state index contributed by atoms with van der Waals surface area (Å²) in [5.74, 6) is 0.311.